The monoisotopic (exact) mass is 317 g/mol. The molecule has 0 saturated heterocycles. The Morgan fingerprint density at radius 1 is 0.875 bits per heavy atom. The van der Waals surface area contributed by atoms with Crippen molar-refractivity contribution in [2.45, 2.75) is 32.2 Å². The van der Waals surface area contributed by atoms with Crippen molar-refractivity contribution >= 4 is 16.7 Å². The van der Waals surface area contributed by atoms with Gasteiger partial charge in [-0.05, 0) is 41.3 Å². The van der Waals surface area contributed by atoms with Crippen LogP contribution in [0.5, 0.6) is 0 Å². The predicted octanol–water partition coefficient (Wildman–Crippen LogP) is 5.21. The Kier molecular flexibility index (Phi) is 4.95. The van der Waals surface area contributed by atoms with Gasteiger partial charge in [-0.1, -0.05) is 73.7 Å². The Bertz CT molecular complexity index is 826. The zero-order valence-electron chi connectivity index (χ0n) is 14.2. The molecule has 122 valence electrons. The number of amides is 1. The van der Waals surface area contributed by atoms with Crippen LogP contribution in [-0.2, 0) is 4.79 Å². The molecule has 2 nitrogen and oxygen atoms in total. The average molecular weight is 317 g/mol. The molecule has 0 saturated carbocycles. The molecule has 0 aliphatic rings. The molecule has 3 rings (SSSR count). The van der Waals surface area contributed by atoms with Crippen LogP contribution in [0.2, 0.25) is 0 Å². The number of benzene rings is 3. The Labute approximate surface area is 143 Å². The molecule has 0 bridgehead atoms. The van der Waals surface area contributed by atoms with Gasteiger partial charge >= 0.3 is 0 Å². The molecule has 1 N–H and O–H groups in total. The van der Waals surface area contributed by atoms with Crippen LogP contribution in [0.1, 0.15) is 43.4 Å². The van der Waals surface area contributed by atoms with Gasteiger partial charge in [0.15, 0.2) is 0 Å². The molecule has 24 heavy (non-hydrogen) atoms. The largest absolute Gasteiger partial charge is 0.349 e. The summed E-state index contributed by atoms with van der Waals surface area (Å²) in [6, 6.07) is 24.6. The Hall–Kier alpha value is -2.61. The number of carbonyl (C=O) groups excluding carboxylic acids is 1. The molecule has 0 unspecified atom stereocenters. The molecule has 3 aromatic carbocycles. The van der Waals surface area contributed by atoms with E-state index in [9.17, 15) is 4.79 Å². The van der Waals surface area contributed by atoms with Crippen LogP contribution >= 0.6 is 0 Å². The van der Waals surface area contributed by atoms with E-state index < -0.39 is 0 Å². The van der Waals surface area contributed by atoms with E-state index in [0.717, 1.165) is 17.5 Å². The fraction of sp³-hybridized carbons (Fsp3) is 0.227. The highest BCUT2D eigenvalue weighted by Crippen LogP contribution is 2.23. The first-order chi connectivity index (χ1) is 11.7. The van der Waals surface area contributed by atoms with Gasteiger partial charge in [-0.15, -0.1) is 0 Å². The third-order valence-electron chi connectivity index (χ3n) is 4.56. The van der Waals surface area contributed by atoms with Gasteiger partial charge in [-0.25, -0.2) is 0 Å². The lowest BCUT2D eigenvalue weighted by molar-refractivity contribution is -0.123. The molecule has 0 aliphatic heterocycles. The molecule has 0 heterocycles. The lowest BCUT2D eigenvalue weighted by Crippen LogP contribution is -2.31. The van der Waals surface area contributed by atoms with E-state index in [-0.39, 0.29) is 17.9 Å². The van der Waals surface area contributed by atoms with E-state index in [0.29, 0.717) is 0 Å². The minimum atomic E-state index is -0.103. The molecule has 0 fully saturated rings. The molecular weight excluding hydrogens is 294 g/mol. The summed E-state index contributed by atoms with van der Waals surface area (Å²) in [6.45, 7) is 4.09. The summed E-state index contributed by atoms with van der Waals surface area (Å²) in [5, 5.41) is 5.59. The van der Waals surface area contributed by atoms with Gasteiger partial charge in [-0.2, -0.15) is 0 Å². The van der Waals surface area contributed by atoms with Gasteiger partial charge in [0.05, 0.1) is 12.0 Å². The fourth-order valence-corrected chi connectivity index (χ4v) is 3.13. The van der Waals surface area contributed by atoms with Gasteiger partial charge < -0.3 is 5.32 Å². The first-order valence-electron chi connectivity index (χ1n) is 8.53. The van der Waals surface area contributed by atoms with Crippen LogP contribution < -0.4 is 5.32 Å². The van der Waals surface area contributed by atoms with E-state index in [2.05, 4.69) is 42.6 Å². The molecule has 0 radical (unpaired) electrons. The van der Waals surface area contributed by atoms with Gasteiger partial charge in [0.2, 0.25) is 5.91 Å². The third kappa shape index (κ3) is 3.48. The number of hydrogen-bond acceptors (Lipinski definition) is 1. The maximum absolute atomic E-state index is 12.7. The number of nitrogens with one attached hydrogen (secondary N) is 1. The van der Waals surface area contributed by atoms with Crippen LogP contribution in [0.25, 0.3) is 10.8 Å². The zero-order chi connectivity index (χ0) is 16.9. The molecule has 2 atom stereocenters. The highest BCUT2D eigenvalue weighted by molar-refractivity contribution is 5.85. The lowest BCUT2D eigenvalue weighted by Gasteiger charge is -2.20. The molecule has 2 heteroatoms. The number of fused-ring (bicyclic) bond motifs is 1. The second kappa shape index (κ2) is 7.31. The van der Waals surface area contributed by atoms with E-state index in [1.54, 1.807) is 0 Å². The van der Waals surface area contributed by atoms with Crippen molar-refractivity contribution in [3.05, 3.63) is 83.9 Å². The van der Waals surface area contributed by atoms with Crippen molar-refractivity contribution in [2.75, 3.05) is 0 Å². The van der Waals surface area contributed by atoms with Gasteiger partial charge in [0.25, 0.3) is 0 Å². The van der Waals surface area contributed by atoms with Crippen molar-refractivity contribution < 1.29 is 4.79 Å². The van der Waals surface area contributed by atoms with E-state index >= 15 is 0 Å². The third-order valence-corrected chi connectivity index (χ3v) is 4.56. The van der Waals surface area contributed by atoms with Crippen LogP contribution in [0.4, 0.5) is 0 Å². The topological polar surface area (TPSA) is 29.1 Å². The molecular formula is C22H23NO. The SMILES string of the molecule is CC[C@@H](C(=O)N[C@@H](C)c1ccc2ccccc2c1)c1ccccc1. The minimum Gasteiger partial charge on any atom is -0.349 e. The molecule has 0 spiro atoms. The number of carbonyl (C=O) groups is 1. The van der Waals surface area contributed by atoms with Gasteiger partial charge in [0, 0.05) is 0 Å². The Morgan fingerprint density at radius 2 is 1.54 bits per heavy atom. The summed E-state index contributed by atoms with van der Waals surface area (Å²) >= 11 is 0. The van der Waals surface area contributed by atoms with Crippen LogP contribution in [0, 0.1) is 0 Å². The van der Waals surface area contributed by atoms with Crippen molar-refractivity contribution in [2.24, 2.45) is 0 Å². The second-order valence-electron chi connectivity index (χ2n) is 6.21. The first kappa shape index (κ1) is 16.3. The van der Waals surface area contributed by atoms with E-state index in [1.807, 2.05) is 49.4 Å². The maximum Gasteiger partial charge on any atom is 0.228 e. The van der Waals surface area contributed by atoms with Crippen LogP contribution in [0.15, 0.2) is 72.8 Å². The molecule has 0 aromatic heterocycles. The average Bonchev–Trinajstić information content (AvgIpc) is 2.62. The lowest BCUT2D eigenvalue weighted by atomic mass is 9.95. The molecule has 3 aromatic rings. The van der Waals surface area contributed by atoms with Gasteiger partial charge in [-0.3, -0.25) is 4.79 Å². The highest BCUT2D eigenvalue weighted by atomic mass is 16.1. The molecule has 0 aliphatic carbocycles. The Balaban J connectivity index is 1.77. The first-order valence-corrected chi connectivity index (χ1v) is 8.53. The smallest absolute Gasteiger partial charge is 0.228 e. The van der Waals surface area contributed by atoms with Crippen molar-refractivity contribution in [1.29, 1.82) is 0 Å². The van der Waals surface area contributed by atoms with Crippen LogP contribution in [0.3, 0.4) is 0 Å². The van der Waals surface area contributed by atoms with E-state index in [1.165, 1.54) is 10.8 Å². The summed E-state index contributed by atoms with van der Waals surface area (Å²) in [5.41, 5.74) is 2.20. The van der Waals surface area contributed by atoms with Crippen molar-refractivity contribution in [3.8, 4) is 0 Å². The number of hydrogen-bond donors (Lipinski definition) is 1. The molecule has 1 amide bonds. The summed E-state index contributed by atoms with van der Waals surface area (Å²) < 4.78 is 0. The quantitative estimate of drug-likeness (QED) is 0.687. The summed E-state index contributed by atoms with van der Waals surface area (Å²) in [6.07, 6.45) is 0.792. The summed E-state index contributed by atoms with van der Waals surface area (Å²) in [5.74, 6) is -0.0153. The standard InChI is InChI=1S/C22H23NO/c1-3-21(18-10-5-4-6-11-18)22(24)23-16(2)19-14-13-17-9-7-8-12-20(17)15-19/h4-16,21H,3H2,1-2H3,(H,23,24)/t16-,21+/m0/s1. The van der Waals surface area contributed by atoms with Gasteiger partial charge in [0.1, 0.15) is 0 Å². The van der Waals surface area contributed by atoms with Crippen molar-refractivity contribution in [3.63, 3.8) is 0 Å². The Morgan fingerprint density at radius 3 is 2.25 bits per heavy atom. The minimum absolute atomic E-state index is 0.0140. The predicted molar refractivity (Wildman–Crippen MR) is 100.0 cm³/mol. The zero-order valence-corrected chi connectivity index (χ0v) is 14.2. The second-order valence-corrected chi connectivity index (χ2v) is 6.21. The summed E-state index contributed by atoms with van der Waals surface area (Å²) in [7, 11) is 0. The highest BCUT2D eigenvalue weighted by Gasteiger charge is 2.20. The number of rotatable bonds is 5. The van der Waals surface area contributed by atoms with E-state index in [4.69, 9.17) is 0 Å². The fourth-order valence-electron chi connectivity index (χ4n) is 3.13. The summed E-state index contributed by atoms with van der Waals surface area (Å²) in [4.78, 5) is 12.7. The van der Waals surface area contributed by atoms with Crippen LogP contribution in [-0.4, -0.2) is 5.91 Å². The maximum atomic E-state index is 12.7. The normalized spacial score (nSPS) is 13.4. The van der Waals surface area contributed by atoms with Crippen molar-refractivity contribution in [1.82, 2.24) is 5.32 Å².